The van der Waals surface area contributed by atoms with Gasteiger partial charge in [0.05, 0.1) is 11.8 Å². The normalized spacial score (nSPS) is 22.8. The third-order valence-electron chi connectivity index (χ3n) is 3.51. The average molecular weight is 265 g/mol. The van der Waals surface area contributed by atoms with E-state index in [1.165, 1.54) is 18.2 Å². The van der Waals surface area contributed by atoms with Gasteiger partial charge in [-0.15, -0.1) is 0 Å². The Labute approximate surface area is 110 Å². The van der Waals surface area contributed by atoms with Gasteiger partial charge in [0.25, 0.3) is 0 Å². The predicted molar refractivity (Wildman–Crippen MR) is 68.1 cm³/mol. The smallest absolute Gasteiger partial charge is 0.307 e. The van der Waals surface area contributed by atoms with Gasteiger partial charge in [0.15, 0.2) is 0 Å². The molecule has 4 nitrogen and oxygen atoms in total. The van der Waals surface area contributed by atoms with Crippen molar-refractivity contribution in [3.05, 3.63) is 30.1 Å². The fourth-order valence-electron chi connectivity index (χ4n) is 2.54. The second kappa shape index (κ2) is 5.82. The maximum absolute atomic E-state index is 13.0. The van der Waals surface area contributed by atoms with Gasteiger partial charge in [0.1, 0.15) is 5.82 Å². The zero-order valence-corrected chi connectivity index (χ0v) is 10.4. The van der Waals surface area contributed by atoms with Crippen LogP contribution in [0.1, 0.15) is 25.7 Å². The average Bonchev–Trinajstić information content (AvgIpc) is 2.38. The van der Waals surface area contributed by atoms with Crippen LogP contribution in [-0.4, -0.2) is 17.0 Å². The van der Waals surface area contributed by atoms with E-state index in [1.807, 2.05) is 0 Å². The lowest BCUT2D eigenvalue weighted by Gasteiger charge is -2.27. The molecule has 2 N–H and O–H groups in total. The van der Waals surface area contributed by atoms with Crippen LogP contribution in [0.5, 0.6) is 0 Å². The number of carbonyl (C=O) groups excluding carboxylic acids is 1. The number of halogens is 1. The molecular weight excluding hydrogens is 249 g/mol. The van der Waals surface area contributed by atoms with E-state index in [0.29, 0.717) is 18.5 Å². The minimum atomic E-state index is -0.931. The Morgan fingerprint density at radius 3 is 2.53 bits per heavy atom. The van der Waals surface area contributed by atoms with Gasteiger partial charge in [-0.05, 0) is 31.0 Å². The molecule has 1 aliphatic carbocycles. The summed E-state index contributed by atoms with van der Waals surface area (Å²) in [6.07, 6.45) is 2.78. The molecule has 1 amide bonds. The number of hydrogen-bond donors (Lipinski definition) is 2. The SMILES string of the molecule is O=C(Nc1cccc(F)c1)[C@H]1CCCC[C@H]1C(=O)O. The van der Waals surface area contributed by atoms with Crippen molar-refractivity contribution in [2.75, 3.05) is 5.32 Å². The van der Waals surface area contributed by atoms with E-state index in [1.54, 1.807) is 6.07 Å². The number of rotatable bonds is 3. The molecule has 0 aliphatic heterocycles. The molecule has 1 aromatic rings. The van der Waals surface area contributed by atoms with Crippen molar-refractivity contribution in [2.24, 2.45) is 11.8 Å². The fraction of sp³-hybridized carbons (Fsp3) is 0.429. The lowest BCUT2D eigenvalue weighted by Crippen LogP contribution is -2.36. The molecule has 102 valence electrons. The van der Waals surface area contributed by atoms with Crippen molar-refractivity contribution in [2.45, 2.75) is 25.7 Å². The third-order valence-corrected chi connectivity index (χ3v) is 3.51. The van der Waals surface area contributed by atoms with E-state index in [-0.39, 0.29) is 5.91 Å². The first-order chi connectivity index (χ1) is 9.08. The number of hydrogen-bond acceptors (Lipinski definition) is 2. The van der Waals surface area contributed by atoms with Crippen molar-refractivity contribution in [1.82, 2.24) is 0 Å². The lowest BCUT2D eigenvalue weighted by molar-refractivity contribution is -0.147. The van der Waals surface area contributed by atoms with Gasteiger partial charge in [-0.2, -0.15) is 0 Å². The number of carbonyl (C=O) groups is 2. The van der Waals surface area contributed by atoms with Gasteiger partial charge in [0.2, 0.25) is 5.91 Å². The Bertz CT molecular complexity index is 489. The van der Waals surface area contributed by atoms with Crippen LogP contribution in [0.15, 0.2) is 24.3 Å². The monoisotopic (exact) mass is 265 g/mol. The van der Waals surface area contributed by atoms with E-state index >= 15 is 0 Å². The van der Waals surface area contributed by atoms with Crippen LogP contribution in [0.2, 0.25) is 0 Å². The molecule has 0 bridgehead atoms. The first-order valence-corrected chi connectivity index (χ1v) is 6.37. The molecule has 0 unspecified atom stereocenters. The van der Waals surface area contributed by atoms with E-state index in [4.69, 9.17) is 5.11 Å². The summed E-state index contributed by atoms with van der Waals surface area (Å²) in [5.74, 6) is -2.87. The molecule has 2 rings (SSSR count). The summed E-state index contributed by atoms with van der Waals surface area (Å²) in [6, 6.07) is 5.59. The molecule has 0 spiro atoms. The summed E-state index contributed by atoms with van der Waals surface area (Å²) in [5, 5.41) is 11.7. The third kappa shape index (κ3) is 3.30. The molecule has 5 heteroatoms. The largest absolute Gasteiger partial charge is 0.481 e. The van der Waals surface area contributed by atoms with Crippen molar-refractivity contribution in [1.29, 1.82) is 0 Å². The predicted octanol–water partition coefficient (Wildman–Crippen LogP) is 2.66. The summed E-state index contributed by atoms with van der Waals surface area (Å²) in [6.45, 7) is 0. The molecule has 1 saturated carbocycles. The Kier molecular flexibility index (Phi) is 4.14. The van der Waals surface area contributed by atoms with E-state index in [0.717, 1.165) is 12.8 Å². The first-order valence-electron chi connectivity index (χ1n) is 6.37. The summed E-state index contributed by atoms with van der Waals surface area (Å²) in [5.41, 5.74) is 0.361. The molecule has 1 aliphatic rings. The molecule has 0 heterocycles. The number of benzene rings is 1. The Hall–Kier alpha value is -1.91. The van der Waals surface area contributed by atoms with Crippen LogP contribution in [0.4, 0.5) is 10.1 Å². The molecule has 0 radical (unpaired) electrons. The summed E-state index contributed by atoms with van der Waals surface area (Å²) < 4.78 is 13.0. The van der Waals surface area contributed by atoms with Crippen molar-refractivity contribution in [3.8, 4) is 0 Å². The fourth-order valence-corrected chi connectivity index (χ4v) is 2.54. The number of aliphatic carboxylic acids is 1. The minimum Gasteiger partial charge on any atom is -0.481 e. The summed E-state index contributed by atoms with van der Waals surface area (Å²) >= 11 is 0. The molecule has 0 saturated heterocycles. The maximum atomic E-state index is 13.0. The highest BCUT2D eigenvalue weighted by Gasteiger charge is 2.35. The maximum Gasteiger partial charge on any atom is 0.307 e. The second-order valence-electron chi connectivity index (χ2n) is 4.84. The van der Waals surface area contributed by atoms with Crippen molar-refractivity contribution in [3.63, 3.8) is 0 Å². The van der Waals surface area contributed by atoms with Crippen LogP contribution in [0, 0.1) is 17.7 Å². The quantitative estimate of drug-likeness (QED) is 0.883. The van der Waals surface area contributed by atoms with E-state index in [9.17, 15) is 14.0 Å². The first kappa shape index (κ1) is 13.5. The van der Waals surface area contributed by atoms with Crippen LogP contribution < -0.4 is 5.32 Å². The van der Waals surface area contributed by atoms with Crippen LogP contribution in [0.25, 0.3) is 0 Å². The van der Waals surface area contributed by atoms with Gasteiger partial charge in [-0.25, -0.2) is 4.39 Å². The Balaban J connectivity index is 2.07. The number of anilines is 1. The standard InChI is InChI=1S/C14H16FNO3/c15-9-4-3-5-10(8-9)16-13(17)11-6-1-2-7-12(11)14(18)19/h3-5,8,11-12H,1-2,6-7H2,(H,16,17)(H,18,19)/t11-,12+/m0/s1. The van der Waals surface area contributed by atoms with E-state index < -0.39 is 23.6 Å². The molecular formula is C14H16FNO3. The molecule has 1 fully saturated rings. The molecule has 2 atom stereocenters. The van der Waals surface area contributed by atoms with Crippen LogP contribution in [0.3, 0.4) is 0 Å². The van der Waals surface area contributed by atoms with Crippen molar-refractivity contribution >= 4 is 17.6 Å². The zero-order chi connectivity index (χ0) is 13.8. The molecule has 0 aromatic heterocycles. The number of amides is 1. The number of carboxylic acid groups (broad SMARTS) is 1. The van der Waals surface area contributed by atoms with E-state index in [2.05, 4.69) is 5.32 Å². The second-order valence-corrected chi connectivity index (χ2v) is 4.84. The van der Waals surface area contributed by atoms with Gasteiger partial charge < -0.3 is 10.4 Å². The highest BCUT2D eigenvalue weighted by atomic mass is 19.1. The Morgan fingerprint density at radius 1 is 1.21 bits per heavy atom. The van der Waals surface area contributed by atoms with Crippen LogP contribution >= 0.6 is 0 Å². The van der Waals surface area contributed by atoms with Gasteiger partial charge in [0, 0.05) is 5.69 Å². The summed E-state index contributed by atoms with van der Waals surface area (Å²) in [7, 11) is 0. The number of carboxylic acids is 1. The Morgan fingerprint density at radius 2 is 1.89 bits per heavy atom. The zero-order valence-electron chi connectivity index (χ0n) is 10.4. The highest BCUT2D eigenvalue weighted by Crippen LogP contribution is 2.31. The van der Waals surface area contributed by atoms with Gasteiger partial charge >= 0.3 is 5.97 Å². The summed E-state index contributed by atoms with van der Waals surface area (Å²) in [4.78, 5) is 23.2. The lowest BCUT2D eigenvalue weighted by atomic mass is 9.78. The highest BCUT2D eigenvalue weighted by molar-refractivity contribution is 5.95. The topological polar surface area (TPSA) is 66.4 Å². The molecule has 19 heavy (non-hydrogen) atoms. The van der Waals surface area contributed by atoms with Gasteiger partial charge in [-0.1, -0.05) is 18.9 Å². The number of nitrogens with one attached hydrogen (secondary N) is 1. The van der Waals surface area contributed by atoms with Crippen LogP contribution in [-0.2, 0) is 9.59 Å². The minimum absolute atomic E-state index is 0.335. The van der Waals surface area contributed by atoms with Crippen molar-refractivity contribution < 1.29 is 19.1 Å². The molecule has 1 aromatic carbocycles. The van der Waals surface area contributed by atoms with Gasteiger partial charge in [-0.3, -0.25) is 9.59 Å².